The molecule has 0 spiro atoms. The van der Waals surface area contributed by atoms with Crippen LogP contribution in [0, 0.1) is 41.5 Å². The van der Waals surface area contributed by atoms with E-state index in [1.165, 1.54) is 105 Å². The smallest absolute Gasteiger partial charge is 0.242 e. The summed E-state index contributed by atoms with van der Waals surface area (Å²) in [6.45, 7) is 13.7. The SMILES string of the molecule is Cc1cc(C)c(B(c2cccc(-n3c4ccccc4c4ccc5c(c6ccccc6n5C5=CC=CCC=C5)c43)c2)c2c(C)cc(C)cc2C)c(C)c1. The van der Waals surface area contributed by atoms with Crippen molar-refractivity contribution in [2.45, 2.75) is 48.0 Å². The first-order chi connectivity index (χ1) is 25.3. The fourth-order valence-corrected chi connectivity index (χ4v) is 9.39. The van der Waals surface area contributed by atoms with Crippen molar-refractivity contribution in [2.75, 3.05) is 0 Å². The molecule has 9 rings (SSSR count). The van der Waals surface area contributed by atoms with Gasteiger partial charge in [0.2, 0.25) is 6.71 Å². The van der Waals surface area contributed by atoms with Crippen molar-refractivity contribution < 1.29 is 0 Å². The molecule has 0 fully saturated rings. The van der Waals surface area contributed by atoms with Crippen LogP contribution in [0.3, 0.4) is 0 Å². The predicted molar refractivity (Wildman–Crippen MR) is 227 cm³/mol. The molecule has 52 heavy (non-hydrogen) atoms. The van der Waals surface area contributed by atoms with Gasteiger partial charge in [0.15, 0.2) is 0 Å². The Morgan fingerprint density at radius 3 is 1.81 bits per heavy atom. The minimum absolute atomic E-state index is 0.0955. The molecule has 0 amide bonds. The first-order valence-corrected chi connectivity index (χ1v) is 18.5. The highest BCUT2D eigenvalue weighted by atomic mass is 15.0. The van der Waals surface area contributed by atoms with Gasteiger partial charge >= 0.3 is 0 Å². The highest BCUT2D eigenvalue weighted by molar-refractivity contribution is 6.96. The molecule has 2 nitrogen and oxygen atoms in total. The Hall–Kier alpha value is -5.80. The number of para-hydroxylation sites is 2. The van der Waals surface area contributed by atoms with Gasteiger partial charge in [-0.1, -0.05) is 147 Å². The van der Waals surface area contributed by atoms with Crippen molar-refractivity contribution in [1.82, 2.24) is 9.13 Å². The van der Waals surface area contributed by atoms with Crippen molar-refractivity contribution in [3.63, 3.8) is 0 Å². The molecule has 1 aliphatic rings. The first kappa shape index (κ1) is 32.1. The minimum Gasteiger partial charge on any atom is -0.309 e. The zero-order chi connectivity index (χ0) is 35.7. The van der Waals surface area contributed by atoms with E-state index in [9.17, 15) is 0 Å². The Kier molecular flexibility index (Phi) is 7.70. The first-order valence-electron chi connectivity index (χ1n) is 18.5. The summed E-state index contributed by atoms with van der Waals surface area (Å²) in [7, 11) is 0. The third kappa shape index (κ3) is 5.02. The summed E-state index contributed by atoms with van der Waals surface area (Å²) in [5.74, 6) is 0. The third-order valence-electron chi connectivity index (χ3n) is 11.2. The van der Waals surface area contributed by atoms with Gasteiger partial charge in [0, 0.05) is 32.9 Å². The molecule has 8 aromatic rings. The zero-order valence-electron chi connectivity index (χ0n) is 31.0. The molecule has 0 radical (unpaired) electrons. The van der Waals surface area contributed by atoms with E-state index in [1.54, 1.807) is 0 Å². The molecule has 0 atom stereocenters. The standard InChI is InChI=1S/C49H43BN2/c1-31-26-33(3)47(34(4)27-31)50(48-35(5)28-32(2)29-36(48)6)37-16-15-19-39(30-37)52-43-22-13-11-20-40(43)41-24-25-45-46(49(41)52)42-21-12-14-23-44(42)51(45)38-17-9-7-8-10-18-38/h7,9-30H,8H2,1-6H3. The number of aryl methyl sites for hydroxylation is 6. The molecule has 252 valence electrons. The van der Waals surface area contributed by atoms with Crippen LogP contribution in [0.1, 0.15) is 39.8 Å². The van der Waals surface area contributed by atoms with Gasteiger partial charge in [-0.05, 0) is 90.4 Å². The highest BCUT2D eigenvalue weighted by Crippen LogP contribution is 2.42. The third-order valence-corrected chi connectivity index (χ3v) is 11.2. The number of allylic oxidation sites excluding steroid dienone is 6. The molecule has 0 saturated heterocycles. The van der Waals surface area contributed by atoms with Gasteiger partial charge in [0.05, 0.1) is 22.1 Å². The number of aromatic nitrogens is 2. The molecule has 3 heteroatoms. The maximum atomic E-state index is 2.53. The van der Waals surface area contributed by atoms with Crippen LogP contribution in [0.25, 0.3) is 55.0 Å². The minimum atomic E-state index is 0.0955. The maximum Gasteiger partial charge on any atom is 0.242 e. The number of benzene rings is 6. The van der Waals surface area contributed by atoms with Crippen LogP contribution in [-0.2, 0) is 0 Å². The van der Waals surface area contributed by atoms with Gasteiger partial charge < -0.3 is 9.13 Å². The van der Waals surface area contributed by atoms with Crippen LogP contribution >= 0.6 is 0 Å². The second kappa shape index (κ2) is 12.5. The Labute approximate surface area is 307 Å². The van der Waals surface area contributed by atoms with Crippen LogP contribution in [0.4, 0.5) is 0 Å². The Morgan fingerprint density at radius 2 is 1.13 bits per heavy atom. The maximum absolute atomic E-state index is 2.53. The monoisotopic (exact) mass is 670 g/mol. The lowest BCUT2D eigenvalue weighted by molar-refractivity contribution is 1.19. The molecule has 2 aromatic heterocycles. The summed E-state index contributed by atoms with van der Waals surface area (Å²) in [6.07, 6.45) is 12.1. The van der Waals surface area contributed by atoms with E-state index in [4.69, 9.17) is 0 Å². The zero-order valence-corrected chi connectivity index (χ0v) is 31.0. The molecule has 0 aliphatic heterocycles. The number of hydrogen-bond donors (Lipinski definition) is 0. The van der Waals surface area contributed by atoms with Gasteiger partial charge in [-0.15, -0.1) is 0 Å². The number of hydrogen-bond acceptors (Lipinski definition) is 0. The van der Waals surface area contributed by atoms with Crippen molar-refractivity contribution in [3.05, 3.63) is 173 Å². The van der Waals surface area contributed by atoms with Gasteiger partial charge in [-0.25, -0.2) is 0 Å². The van der Waals surface area contributed by atoms with E-state index in [0.29, 0.717) is 0 Å². The second-order valence-corrected chi connectivity index (χ2v) is 14.9. The number of fused-ring (bicyclic) bond motifs is 7. The van der Waals surface area contributed by atoms with Crippen LogP contribution in [0.2, 0.25) is 0 Å². The van der Waals surface area contributed by atoms with E-state index < -0.39 is 0 Å². The molecule has 6 aromatic carbocycles. The molecule has 0 N–H and O–H groups in total. The van der Waals surface area contributed by atoms with E-state index in [-0.39, 0.29) is 6.71 Å². The molecule has 2 heterocycles. The van der Waals surface area contributed by atoms with Crippen LogP contribution < -0.4 is 16.4 Å². The fourth-order valence-electron chi connectivity index (χ4n) is 9.39. The van der Waals surface area contributed by atoms with Gasteiger partial charge in [-0.2, -0.15) is 0 Å². The normalized spacial score (nSPS) is 13.1. The van der Waals surface area contributed by atoms with Gasteiger partial charge in [0.1, 0.15) is 0 Å². The summed E-state index contributed by atoms with van der Waals surface area (Å²) in [6, 6.07) is 41.3. The highest BCUT2D eigenvalue weighted by Gasteiger charge is 2.29. The van der Waals surface area contributed by atoms with Crippen molar-refractivity contribution in [3.8, 4) is 5.69 Å². The molecular weight excluding hydrogens is 627 g/mol. The predicted octanol–water partition coefficient (Wildman–Crippen LogP) is 10.6. The summed E-state index contributed by atoms with van der Waals surface area (Å²) in [5, 5.41) is 5.09. The number of rotatable bonds is 5. The molecule has 0 unspecified atom stereocenters. The Morgan fingerprint density at radius 1 is 0.519 bits per heavy atom. The molecular formula is C49H43BN2. The Bertz CT molecular complexity index is 2730. The average Bonchev–Trinajstić information content (AvgIpc) is 3.49. The molecule has 0 bridgehead atoms. The van der Waals surface area contributed by atoms with E-state index in [0.717, 1.165) is 6.42 Å². The van der Waals surface area contributed by atoms with Crippen molar-refractivity contribution >= 4 is 72.4 Å². The number of nitrogens with zero attached hydrogens (tertiary/aromatic N) is 2. The van der Waals surface area contributed by atoms with E-state index >= 15 is 0 Å². The lowest BCUT2D eigenvalue weighted by atomic mass is 9.34. The van der Waals surface area contributed by atoms with Crippen molar-refractivity contribution in [1.29, 1.82) is 0 Å². The van der Waals surface area contributed by atoms with E-state index in [2.05, 4.69) is 190 Å². The topological polar surface area (TPSA) is 9.86 Å². The lowest BCUT2D eigenvalue weighted by Crippen LogP contribution is -2.55. The van der Waals surface area contributed by atoms with Gasteiger partial charge in [0.25, 0.3) is 0 Å². The average molecular weight is 671 g/mol. The summed E-state index contributed by atoms with van der Waals surface area (Å²) in [5.41, 5.74) is 19.4. The van der Waals surface area contributed by atoms with Crippen LogP contribution in [0.15, 0.2) is 140 Å². The summed E-state index contributed by atoms with van der Waals surface area (Å²) < 4.78 is 4.97. The van der Waals surface area contributed by atoms with Crippen LogP contribution in [-0.4, -0.2) is 15.8 Å². The fraction of sp³-hybridized carbons (Fsp3) is 0.143. The quantitative estimate of drug-likeness (QED) is 0.161. The van der Waals surface area contributed by atoms with Gasteiger partial charge in [-0.3, -0.25) is 0 Å². The molecule has 1 aliphatic carbocycles. The van der Waals surface area contributed by atoms with E-state index in [1.807, 2.05) is 0 Å². The largest absolute Gasteiger partial charge is 0.309 e. The summed E-state index contributed by atoms with van der Waals surface area (Å²) >= 11 is 0. The van der Waals surface area contributed by atoms with Crippen molar-refractivity contribution in [2.24, 2.45) is 0 Å². The summed E-state index contributed by atoms with van der Waals surface area (Å²) in [4.78, 5) is 0. The second-order valence-electron chi connectivity index (χ2n) is 14.9. The molecule has 0 saturated carbocycles. The lowest BCUT2D eigenvalue weighted by Gasteiger charge is -2.25. The Balaban J connectivity index is 1.38. The van der Waals surface area contributed by atoms with Crippen LogP contribution in [0.5, 0.6) is 0 Å².